The summed E-state index contributed by atoms with van der Waals surface area (Å²) >= 11 is 0. The highest BCUT2D eigenvalue weighted by molar-refractivity contribution is 7.00. The summed E-state index contributed by atoms with van der Waals surface area (Å²) in [5, 5.41) is 2.55. The van der Waals surface area contributed by atoms with Crippen LogP contribution >= 0.6 is 0 Å². The van der Waals surface area contributed by atoms with Gasteiger partial charge in [0, 0.05) is 44.9 Å². The third-order valence-corrected chi connectivity index (χ3v) is 26.4. The Kier molecular flexibility index (Phi) is 17.2. The lowest BCUT2D eigenvalue weighted by molar-refractivity contribution is 0.332. The van der Waals surface area contributed by atoms with Crippen LogP contribution in [-0.4, -0.2) is 11.3 Å². The average Bonchev–Trinajstić information content (AvgIpc) is 0.926. The maximum atomic E-state index is 2.67. The van der Waals surface area contributed by atoms with Crippen molar-refractivity contribution in [2.75, 3.05) is 9.80 Å². The van der Waals surface area contributed by atoms with Crippen LogP contribution < -0.4 is 26.2 Å². The first kappa shape index (κ1) is 75.0. The molecule has 0 spiro atoms. The molecule has 562 valence electrons. The van der Waals surface area contributed by atoms with E-state index in [1.807, 2.05) is 0 Å². The molecule has 0 atom stereocenters. The van der Waals surface area contributed by atoms with Gasteiger partial charge in [-0.2, -0.15) is 0 Å². The van der Waals surface area contributed by atoms with Crippen LogP contribution in [0.15, 0.2) is 206 Å². The van der Waals surface area contributed by atoms with Gasteiger partial charge in [0.05, 0.1) is 16.7 Å². The van der Waals surface area contributed by atoms with Crippen LogP contribution in [0.5, 0.6) is 0 Å². The van der Waals surface area contributed by atoms with Crippen molar-refractivity contribution < 1.29 is 0 Å². The Labute approximate surface area is 661 Å². The van der Waals surface area contributed by atoms with Gasteiger partial charge >= 0.3 is 0 Å². The molecule has 0 radical (unpaired) electrons. The molecule has 2 aliphatic heterocycles. The largest absolute Gasteiger partial charge is 0.311 e. The number of rotatable bonds is 7. The monoisotopic (exact) mass is 1450 g/mol. The molecule has 0 saturated heterocycles. The van der Waals surface area contributed by atoms with E-state index < -0.39 is 0 Å². The molecule has 0 saturated carbocycles. The third-order valence-electron chi connectivity index (χ3n) is 26.4. The molecule has 1 aromatic heterocycles. The summed E-state index contributed by atoms with van der Waals surface area (Å²) in [5.74, 6) is 0. The molecule has 4 heteroatoms. The van der Waals surface area contributed by atoms with Crippen LogP contribution in [0.25, 0.3) is 72.0 Å². The highest BCUT2D eigenvalue weighted by Crippen LogP contribution is 2.53. The van der Waals surface area contributed by atoms with Crippen molar-refractivity contribution in [3.63, 3.8) is 0 Å². The van der Waals surface area contributed by atoms with Gasteiger partial charge in [-0.05, 0) is 269 Å². The number of benzene rings is 11. The Bertz CT molecular complexity index is 5310. The minimum absolute atomic E-state index is 0.0641. The number of hydrogen-bond acceptors (Lipinski definition) is 2. The molecule has 0 fully saturated rings. The molecule has 12 aromatic rings. The van der Waals surface area contributed by atoms with Crippen molar-refractivity contribution in [3.05, 3.63) is 262 Å². The van der Waals surface area contributed by atoms with Gasteiger partial charge in [-0.15, -0.1) is 0 Å². The lowest BCUT2D eigenvalue weighted by Gasteiger charge is -2.45. The SMILES string of the molecule is CC(C)(C)c1cc(-c2ccc3c(c2)N(c2ccc(-c4ccc5c(c4)C(C)(C)CCC5(C)C)cc2)c2cc(-n4c5ccc(C(C)(C)C)cc5c5cc(C(C)(C)C)ccc54)cc4c2B3c2ccc(-c3cc(C(C)(C)C)cc(C(C)(C)C)c3)cc2N4c2ccc(-c3ccc4c(c3)C(C)(C)CCC4(C)C)cc2)cc(C(C)(C)C)c1. The quantitative estimate of drug-likeness (QED) is 0.147. The van der Waals surface area contributed by atoms with Crippen molar-refractivity contribution in [1.29, 1.82) is 0 Å². The van der Waals surface area contributed by atoms with Crippen LogP contribution in [0.2, 0.25) is 0 Å². The number of aromatic nitrogens is 1. The molecule has 0 amide bonds. The first-order valence-corrected chi connectivity index (χ1v) is 41.2. The molecule has 4 aliphatic rings. The highest BCUT2D eigenvalue weighted by Gasteiger charge is 2.46. The van der Waals surface area contributed by atoms with Crippen LogP contribution in [0.1, 0.15) is 261 Å². The van der Waals surface area contributed by atoms with Crippen LogP contribution in [0.4, 0.5) is 34.1 Å². The molecule has 16 rings (SSSR count). The summed E-state index contributed by atoms with van der Waals surface area (Å²) in [5.41, 5.74) is 38.2. The van der Waals surface area contributed by atoms with Gasteiger partial charge in [-0.1, -0.05) is 313 Å². The molecule has 11 aromatic carbocycles. The highest BCUT2D eigenvalue weighted by atomic mass is 15.2. The summed E-state index contributed by atoms with van der Waals surface area (Å²) in [6, 6.07) is 83.9. The topological polar surface area (TPSA) is 11.4 Å². The summed E-state index contributed by atoms with van der Waals surface area (Å²) < 4.78 is 2.62. The van der Waals surface area contributed by atoms with E-state index in [-0.39, 0.29) is 60.9 Å². The smallest absolute Gasteiger partial charge is 0.252 e. The van der Waals surface area contributed by atoms with E-state index >= 15 is 0 Å². The van der Waals surface area contributed by atoms with E-state index in [9.17, 15) is 0 Å². The molecular weight excluding hydrogens is 1330 g/mol. The van der Waals surface area contributed by atoms with Gasteiger partial charge in [0.15, 0.2) is 0 Å². The van der Waals surface area contributed by atoms with E-state index in [2.05, 4.69) is 401 Å². The average molecular weight is 1450 g/mol. The predicted molar refractivity (Wildman–Crippen MR) is 479 cm³/mol. The normalized spacial score (nSPS) is 16.5. The zero-order chi connectivity index (χ0) is 78.7. The minimum Gasteiger partial charge on any atom is -0.311 e. The van der Waals surface area contributed by atoms with E-state index in [0.29, 0.717) is 0 Å². The van der Waals surface area contributed by atoms with Crippen LogP contribution in [0, 0.1) is 0 Å². The molecule has 0 unspecified atom stereocenters. The fourth-order valence-electron chi connectivity index (χ4n) is 18.7. The Morgan fingerprint density at radius 1 is 0.245 bits per heavy atom. The lowest BCUT2D eigenvalue weighted by atomic mass is 9.33. The number of fused-ring (bicyclic) bond motifs is 9. The lowest BCUT2D eigenvalue weighted by Crippen LogP contribution is -2.61. The van der Waals surface area contributed by atoms with Gasteiger partial charge < -0.3 is 14.4 Å². The van der Waals surface area contributed by atoms with E-state index in [1.165, 1.54) is 187 Å². The molecular formula is C106H120BN3. The van der Waals surface area contributed by atoms with Gasteiger partial charge in [0.1, 0.15) is 0 Å². The maximum Gasteiger partial charge on any atom is 0.252 e. The fraction of sp³-hybridized carbons (Fsp3) is 0.377. The number of nitrogens with zero attached hydrogens (tertiary/aromatic N) is 3. The standard InChI is InChI=1S/C106H120BN3/c1-97(2,3)73-35-45-90-82(61-73)83-62-74(98(4,5)6)36-46-91(83)110(90)81-63-94-96-95(64-81)109(80-39-29-66(30-40-80)68-32-42-85-87(56-68)106(25,26)50-48-104(85,21)22)93-58-70(72-53-77(101(13,14)15)60-78(54-72)102(16,17)18)34-44-89(93)107(96)88-43-33-69(71-51-75(99(7,8)9)59-76(52-71)100(10,11)12)57-92(88)108(94)79-37-27-65(28-38-79)67-31-41-84-86(55-67)105(23,24)49-47-103(84,19)20/h27-46,51-64H,47-50H2,1-26H3. The Morgan fingerprint density at radius 2 is 0.545 bits per heavy atom. The number of hydrogen-bond donors (Lipinski definition) is 0. The summed E-state index contributed by atoms with van der Waals surface area (Å²) in [4.78, 5) is 5.35. The van der Waals surface area contributed by atoms with Crippen molar-refractivity contribution >= 4 is 79.0 Å². The van der Waals surface area contributed by atoms with Crippen LogP contribution in [0.3, 0.4) is 0 Å². The first-order chi connectivity index (χ1) is 51.2. The molecule has 0 N–H and O–H groups in total. The Hall–Kier alpha value is -9.12. The number of anilines is 6. The van der Waals surface area contributed by atoms with Gasteiger partial charge in [0.2, 0.25) is 0 Å². The van der Waals surface area contributed by atoms with Gasteiger partial charge in [-0.25, -0.2) is 0 Å². The molecule has 0 bridgehead atoms. The van der Waals surface area contributed by atoms with Crippen molar-refractivity contribution in [3.8, 4) is 50.2 Å². The van der Waals surface area contributed by atoms with E-state index in [0.717, 1.165) is 17.1 Å². The second-order valence-corrected chi connectivity index (χ2v) is 42.6. The molecule has 3 heterocycles. The second kappa shape index (κ2) is 25.2. The third kappa shape index (κ3) is 12.9. The van der Waals surface area contributed by atoms with Gasteiger partial charge in [-0.3, -0.25) is 0 Å². The zero-order valence-corrected chi connectivity index (χ0v) is 71.4. The summed E-state index contributed by atoms with van der Waals surface area (Å²) in [6.45, 7) is 61.9. The molecule has 3 nitrogen and oxygen atoms in total. The van der Waals surface area contributed by atoms with Gasteiger partial charge in [0.25, 0.3) is 6.71 Å². The molecule has 110 heavy (non-hydrogen) atoms. The Balaban J connectivity index is 1.02. The zero-order valence-electron chi connectivity index (χ0n) is 71.4. The Morgan fingerprint density at radius 3 is 0.873 bits per heavy atom. The fourth-order valence-corrected chi connectivity index (χ4v) is 18.7. The second-order valence-electron chi connectivity index (χ2n) is 42.6. The maximum absolute atomic E-state index is 2.67. The minimum atomic E-state index is -0.154. The molecule has 2 aliphatic carbocycles. The van der Waals surface area contributed by atoms with Crippen molar-refractivity contribution in [2.45, 2.75) is 260 Å². The van der Waals surface area contributed by atoms with Crippen molar-refractivity contribution in [1.82, 2.24) is 4.57 Å². The van der Waals surface area contributed by atoms with Crippen molar-refractivity contribution in [2.24, 2.45) is 0 Å². The first-order valence-electron chi connectivity index (χ1n) is 41.2. The van der Waals surface area contributed by atoms with E-state index in [4.69, 9.17) is 0 Å². The van der Waals surface area contributed by atoms with Crippen LogP contribution in [-0.2, 0) is 54.1 Å². The summed E-state index contributed by atoms with van der Waals surface area (Å²) in [6.07, 6.45) is 4.71. The van der Waals surface area contributed by atoms with E-state index in [1.54, 1.807) is 0 Å². The predicted octanol–water partition coefficient (Wildman–Crippen LogP) is 28.0. The summed E-state index contributed by atoms with van der Waals surface area (Å²) in [7, 11) is 0.